The lowest BCUT2D eigenvalue weighted by Crippen LogP contribution is -2.35. The van der Waals surface area contributed by atoms with Crippen LogP contribution in [0.15, 0.2) is 6.20 Å². The molecule has 0 radical (unpaired) electrons. The smallest absolute Gasteiger partial charge is 0.320 e. The minimum Gasteiger partial charge on any atom is -0.480 e. The second-order valence-corrected chi connectivity index (χ2v) is 3.85. The molecule has 82 valence electrons. The van der Waals surface area contributed by atoms with Gasteiger partial charge in [-0.2, -0.15) is 0 Å². The maximum Gasteiger partial charge on any atom is 0.320 e. The predicted molar refractivity (Wildman–Crippen MR) is 52.1 cm³/mol. The van der Waals surface area contributed by atoms with Crippen LogP contribution in [-0.2, 0) is 18.4 Å². The second-order valence-electron chi connectivity index (χ2n) is 3.85. The molecule has 1 aromatic heterocycles. The lowest BCUT2D eigenvalue weighted by molar-refractivity contribution is -0.142. The van der Waals surface area contributed by atoms with Gasteiger partial charge in [-0.3, -0.25) is 14.4 Å². The van der Waals surface area contributed by atoms with Crippen molar-refractivity contribution in [2.45, 2.75) is 25.4 Å². The average molecular weight is 210 g/mol. The fourth-order valence-corrected chi connectivity index (χ4v) is 1.97. The molecule has 0 aromatic carbocycles. The van der Waals surface area contributed by atoms with Crippen LogP contribution in [0.3, 0.4) is 0 Å². The van der Waals surface area contributed by atoms with E-state index in [0.717, 1.165) is 25.1 Å². The summed E-state index contributed by atoms with van der Waals surface area (Å²) in [7, 11) is 1.80. The van der Waals surface area contributed by atoms with Crippen molar-refractivity contribution in [1.82, 2.24) is 19.9 Å². The molecule has 0 saturated carbocycles. The quantitative estimate of drug-likeness (QED) is 0.752. The van der Waals surface area contributed by atoms with Crippen LogP contribution in [-0.4, -0.2) is 43.6 Å². The molecule has 6 nitrogen and oxygen atoms in total. The van der Waals surface area contributed by atoms with Gasteiger partial charge in [0.25, 0.3) is 0 Å². The van der Waals surface area contributed by atoms with Gasteiger partial charge in [-0.15, -0.1) is 5.10 Å². The summed E-state index contributed by atoms with van der Waals surface area (Å²) in [5.74, 6) is -0.739. The van der Waals surface area contributed by atoms with E-state index in [1.54, 1.807) is 11.7 Å². The Kier molecular flexibility index (Phi) is 2.68. The summed E-state index contributed by atoms with van der Waals surface area (Å²) in [5.41, 5.74) is 0.825. The van der Waals surface area contributed by atoms with Gasteiger partial charge >= 0.3 is 5.97 Å². The highest BCUT2D eigenvalue weighted by Crippen LogP contribution is 2.19. The van der Waals surface area contributed by atoms with Gasteiger partial charge in [0.2, 0.25) is 0 Å². The summed E-state index contributed by atoms with van der Waals surface area (Å²) in [6.45, 7) is 1.40. The molecule has 0 spiro atoms. The van der Waals surface area contributed by atoms with Crippen molar-refractivity contribution in [3.63, 3.8) is 0 Å². The monoisotopic (exact) mass is 210 g/mol. The fourth-order valence-electron chi connectivity index (χ4n) is 1.97. The zero-order valence-electron chi connectivity index (χ0n) is 8.63. The van der Waals surface area contributed by atoms with E-state index < -0.39 is 5.97 Å². The van der Waals surface area contributed by atoms with Gasteiger partial charge < -0.3 is 5.11 Å². The average Bonchev–Trinajstić information content (AvgIpc) is 2.75. The van der Waals surface area contributed by atoms with Crippen molar-refractivity contribution in [2.24, 2.45) is 7.05 Å². The molecular weight excluding hydrogens is 196 g/mol. The topological polar surface area (TPSA) is 71.2 Å². The Morgan fingerprint density at radius 3 is 3.13 bits per heavy atom. The standard InChI is InChI=1S/C9H14N4O2/c1-12-5-7(10-11-12)6-13-4-2-3-8(13)9(14)15/h5,8H,2-4,6H2,1H3,(H,14,15). The maximum absolute atomic E-state index is 10.9. The Bertz CT molecular complexity index is 363. The van der Waals surface area contributed by atoms with Gasteiger partial charge in [0, 0.05) is 19.8 Å². The SMILES string of the molecule is Cn1cc(CN2CCCC2C(=O)O)nn1. The third-order valence-corrected chi connectivity index (χ3v) is 2.66. The first kappa shape index (κ1) is 10.1. The second kappa shape index (κ2) is 3.98. The van der Waals surface area contributed by atoms with Crippen LogP contribution in [0.25, 0.3) is 0 Å². The van der Waals surface area contributed by atoms with E-state index in [-0.39, 0.29) is 6.04 Å². The zero-order chi connectivity index (χ0) is 10.8. The molecule has 2 rings (SSSR count). The van der Waals surface area contributed by atoms with Crippen molar-refractivity contribution in [3.05, 3.63) is 11.9 Å². The molecule has 1 saturated heterocycles. The number of aliphatic carboxylic acids is 1. The number of hydrogen-bond acceptors (Lipinski definition) is 4. The first-order valence-corrected chi connectivity index (χ1v) is 4.99. The first-order chi connectivity index (χ1) is 7.16. The highest BCUT2D eigenvalue weighted by molar-refractivity contribution is 5.73. The van der Waals surface area contributed by atoms with E-state index in [9.17, 15) is 4.79 Å². The lowest BCUT2D eigenvalue weighted by atomic mass is 10.2. The molecule has 2 heterocycles. The van der Waals surface area contributed by atoms with Gasteiger partial charge in [0.1, 0.15) is 6.04 Å². The normalized spacial score (nSPS) is 22.1. The van der Waals surface area contributed by atoms with E-state index >= 15 is 0 Å². The summed E-state index contributed by atoms with van der Waals surface area (Å²) in [5, 5.41) is 16.8. The molecule has 1 fully saturated rings. The van der Waals surface area contributed by atoms with Gasteiger partial charge in [0.05, 0.1) is 5.69 Å². The molecule has 0 bridgehead atoms. The number of aromatic nitrogens is 3. The Balaban J connectivity index is 2.02. The predicted octanol–water partition coefficient (Wildman–Crippen LogP) is -0.136. The van der Waals surface area contributed by atoms with Crippen LogP contribution in [0.1, 0.15) is 18.5 Å². The number of carbonyl (C=O) groups is 1. The molecule has 0 aliphatic carbocycles. The summed E-state index contributed by atoms with van der Waals surface area (Å²) in [4.78, 5) is 12.9. The molecule has 6 heteroatoms. The van der Waals surface area contributed by atoms with Crippen molar-refractivity contribution in [2.75, 3.05) is 6.54 Å². The van der Waals surface area contributed by atoms with E-state index in [4.69, 9.17) is 5.11 Å². The van der Waals surface area contributed by atoms with E-state index in [1.807, 2.05) is 11.1 Å². The molecule has 15 heavy (non-hydrogen) atoms. The Morgan fingerprint density at radius 2 is 2.53 bits per heavy atom. The highest BCUT2D eigenvalue weighted by Gasteiger charge is 2.30. The highest BCUT2D eigenvalue weighted by atomic mass is 16.4. The fraction of sp³-hybridized carbons (Fsp3) is 0.667. The maximum atomic E-state index is 10.9. The summed E-state index contributed by atoms with van der Waals surface area (Å²) in [6.07, 6.45) is 3.49. The van der Waals surface area contributed by atoms with Crippen LogP contribution in [0, 0.1) is 0 Å². The first-order valence-electron chi connectivity index (χ1n) is 4.99. The van der Waals surface area contributed by atoms with Gasteiger partial charge in [-0.05, 0) is 19.4 Å². The molecule has 0 amide bonds. The summed E-state index contributed by atoms with van der Waals surface area (Å²) >= 11 is 0. The third-order valence-electron chi connectivity index (χ3n) is 2.66. The molecule has 1 atom stereocenters. The number of carboxylic acid groups (broad SMARTS) is 1. The van der Waals surface area contributed by atoms with Crippen LogP contribution >= 0.6 is 0 Å². The Hall–Kier alpha value is -1.43. The van der Waals surface area contributed by atoms with Gasteiger partial charge in [0.15, 0.2) is 0 Å². The molecule has 1 N–H and O–H groups in total. The van der Waals surface area contributed by atoms with Crippen LogP contribution in [0.4, 0.5) is 0 Å². The van der Waals surface area contributed by atoms with Crippen molar-refractivity contribution < 1.29 is 9.90 Å². The number of hydrogen-bond donors (Lipinski definition) is 1. The van der Waals surface area contributed by atoms with E-state index in [2.05, 4.69) is 10.3 Å². The van der Waals surface area contributed by atoms with Gasteiger partial charge in [-0.1, -0.05) is 5.21 Å². The minimum atomic E-state index is -0.739. The van der Waals surface area contributed by atoms with Crippen molar-refractivity contribution in [1.29, 1.82) is 0 Å². The van der Waals surface area contributed by atoms with Crippen molar-refractivity contribution in [3.8, 4) is 0 Å². The molecular formula is C9H14N4O2. The lowest BCUT2D eigenvalue weighted by Gasteiger charge is -2.19. The third kappa shape index (κ3) is 2.15. The molecule has 1 aliphatic rings. The van der Waals surface area contributed by atoms with Crippen molar-refractivity contribution >= 4 is 5.97 Å². The van der Waals surface area contributed by atoms with Crippen LogP contribution in [0.5, 0.6) is 0 Å². The zero-order valence-corrected chi connectivity index (χ0v) is 8.63. The molecule has 1 aliphatic heterocycles. The van der Waals surface area contributed by atoms with E-state index in [1.165, 1.54) is 0 Å². The number of likely N-dealkylation sites (tertiary alicyclic amines) is 1. The number of aryl methyl sites for hydroxylation is 1. The number of nitrogens with zero attached hydrogens (tertiary/aromatic N) is 4. The Morgan fingerprint density at radius 1 is 1.73 bits per heavy atom. The Labute approximate surface area is 87.5 Å². The van der Waals surface area contributed by atoms with Crippen LogP contribution in [0.2, 0.25) is 0 Å². The minimum absolute atomic E-state index is 0.355. The number of rotatable bonds is 3. The number of carboxylic acids is 1. The van der Waals surface area contributed by atoms with Crippen LogP contribution < -0.4 is 0 Å². The summed E-state index contributed by atoms with van der Waals surface area (Å²) in [6, 6.07) is -0.355. The molecule has 1 unspecified atom stereocenters. The summed E-state index contributed by atoms with van der Waals surface area (Å²) < 4.78 is 1.63. The largest absolute Gasteiger partial charge is 0.480 e. The van der Waals surface area contributed by atoms with E-state index in [0.29, 0.717) is 6.54 Å². The van der Waals surface area contributed by atoms with Gasteiger partial charge in [-0.25, -0.2) is 0 Å². The molecule has 1 aromatic rings.